The Labute approximate surface area is 91.4 Å². The second-order valence-electron chi connectivity index (χ2n) is 3.40. The van der Waals surface area contributed by atoms with Gasteiger partial charge in [0.1, 0.15) is 11.6 Å². The largest absolute Gasteiger partial charge is 0.387 e. The Balaban J connectivity index is 4.23. The number of rotatable bonds is 6. The van der Waals surface area contributed by atoms with E-state index in [4.69, 9.17) is 5.26 Å². The van der Waals surface area contributed by atoms with Crippen LogP contribution in [0.5, 0.6) is 0 Å². The van der Waals surface area contributed by atoms with Crippen LogP contribution >= 0.6 is 0 Å². The lowest BCUT2D eigenvalue weighted by Crippen LogP contribution is -2.27. The molecule has 0 aromatic rings. The Morgan fingerprint density at radius 2 is 2.20 bits per heavy atom. The fourth-order valence-corrected chi connectivity index (χ4v) is 0.826. The summed E-state index contributed by atoms with van der Waals surface area (Å²) in [6, 6.07) is 2.15. The molecule has 0 aliphatic heterocycles. The molecular weight excluding hydrogens is 190 g/mol. The minimum absolute atomic E-state index is 0.128. The lowest BCUT2D eigenvalue weighted by atomic mass is 10.2. The maximum absolute atomic E-state index is 11.4. The first-order chi connectivity index (χ1) is 7.15. The van der Waals surface area contributed by atoms with Crippen LogP contribution in [0.4, 0.5) is 0 Å². The molecular formula is C11H19N3O. The lowest BCUT2D eigenvalue weighted by molar-refractivity contribution is -0.117. The Kier molecular flexibility index (Phi) is 7.08. The monoisotopic (exact) mass is 209 g/mol. The van der Waals surface area contributed by atoms with Gasteiger partial charge in [0.2, 0.25) is 0 Å². The third kappa shape index (κ3) is 5.74. The minimum atomic E-state index is -0.310. The van der Waals surface area contributed by atoms with Crippen LogP contribution in [-0.2, 0) is 4.79 Å². The maximum Gasteiger partial charge on any atom is 0.263 e. The smallest absolute Gasteiger partial charge is 0.263 e. The van der Waals surface area contributed by atoms with Gasteiger partial charge in [-0.1, -0.05) is 13.8 Å². The van der Waals surface area contributed by atoms with Crippen molar-refractivity contribution in [2.75, 3.05) is 6.54 Å². The van der Waals surface area contributed by atoms with Crippen molar-refractivity contribution in [3.8, 4) is 6.07 Å². The van der Waals surface area contributed by atoms with Crippen molar-refractivity contribution in [1.82, 2.24) is 10.6 Å². The van der Waals surface area contributed by atoms with E-state index in [-0.39, 0.29) is 17.5 Å². The Bertz CT molecular complexity index is 265. The SMILES string of the molecule is CCCNC(=O)/C(C#N)=C\NC(C)CC. The van der Waals surface area contributed by atoms with Gasteiger partial charge in [-0.2, -0.15) is 5.26 Å². The highest BCUT2D eigenvalue weighted by Crippen LogP contribution is 1.93. The van der Waals surface area contributed by atoms with E-state index in [9.17, 15) is 4.79 Å². The summed E-state index contributed by atoms with van der Waals surface area (Å²) in [5.74, 6) is -0.310. The van der Waals surface area contributed by atoms with Gasteiger partial charge in [0.05, 0.1) is 0 Å². The standard InChI is InChI=1S/C11H19N3O/c1-4-6-13-11(15)10(7-12)8-14-9(3)5-2/h8-9,14H,4-6H2,1-3H3,(H,13,15)/b10-8-. The van der Waals surface area contributed by atoms with Gasteiger partial charge in [-0.3, -0.25) is 4.79 Å². The normalized spacial score (nSPS) is 12.8. The Hall–Kier alpha value is -1.50. The van der Waals surface area contributed by atoms with Crippen LogP contribution in [0.1, 0.15) is 33.6 Å². The number of nitrogens with zero attached hydrogens (tertiary/aromatic N) is 1. The van der Waals surface area contributed by atoms with E-state index < -0.39 is 0 Å². The predicted octanol–water partition coefficient (Wildman–Crippen LogP) is 1.31. The van der Waals surface area contributed by atoms with Crippen LogP contribution in [0, 0.1) is 11.3 Å². The maximum atomic E-state index is 11.4. The summed E-state index contributed by atoms with van der Waals surface area (Å²) in [6.45, 7) is 6.60. The summed E-state index contributed by atoms with van der Waals surface area (Å²) in [6.07, 6.45) is 3.30. The minimum Gasteiger partial charge on any atom is -0.387 e. The summed E-state index contributed by atoms with van der Waals surface area (Å²) in [5, 5.41) is 14.4. The quantitative estimate of drug-likeness (QED) is 0.512. The lowest BCUT2D eigenvalue weighted by Gasteiger charge is -2.08. The molecule has 84 valence electrons. The molecule has 1 amide bonds. The summed E-state index contributed by atoms with van der Waals surface area (Å²) in [4.78, 5) is 11.4. The average molecular weight is 209 g/mol. The van der Waals surface area contributed by atoms with Crippen molar-refractivity contribution in [3.63, 3.8) is 0 Å². The highest BCUT2D eigenvalue weighted by atomic mass is 16.1. The molecule has 0 heterocycles. The molecule has 0 saturated carbocycles. The van der Waals surface area contributed by atoms with Crippen molar-refractivity contribution in [1.29, 1.82) is 5.26 Å². The zero-order chi connectivity index (χ0) is 11.7. The number of amides is 1. The Morgan fingerprint density at radius 3 is 2.67 bits per heavy atom. The zero-order valence-corrected chi connectivity index (χ0v) is 9.63. The molecule has 0 saturated heterocycles. The molecule has 0 rings (SSSR count). The second kappa shape index (κ2) is 7.86. The molecule has 2 N–H and O–H groups in total. The molecule has 0 bridgehead atoms. The number of hydrogen-bond acceptors (Lipinski definition) is 3. The van der Waals surface area contributed by atoms with E-state index in [1.54, 1.807) is 0 Å². The first-order valence-corrected chi connectivity index (χ1v) is 5.30. The Morgan fingerprint density at radius 1 is 1.53 bits per heavy atom. The topological polar surface area (TPSA) is 64.9 Å². The van der Waals surface area contributed by atoms with Crippen LogP contribution in [0.3, 0.4) is 0 Å². The third-order valence-electron chi connectivity index (χ3n) is 2.03. The van der Waals surface area contributed by atoms with Crippen molar-refractivity contribution in [2.45, 2.75) is 39.7 Å². The van der Waals surface area contributed by atoms with Crippen LogP contribution in [0.15, 0.2) is 11.8 Å². The molecule has 0 aromatic heterocycles. The number of nitriles is 1. The van der Waals surface area contributed by atoms with Crippen molar-refractivity contribution in [2.24, 2.45) is 0 Å². The van der Waals surface area contributed by atoms with Gasteiger partial charge in [0, 0.05) is 18.8 Å². The highest BCUT2D eigenvalue weighted by molar-refractivity contribution is 5.97. The summed E-state index contributed by atoms with van der Waals surface area (Å²) in [7, 11) is 0. The van der Waals surface area contributed by atoms with Crippen molar-refractivity contribution >= 4 is 5.91 Å². The number of hydrogen-bond donors (Lipinski definition) is 2. The van der Waals surface area contributed by atoms with Gasteiger partial charge >= 0.3 is 0 Å². The van der Waals surface area contributed by atoms with E-state index in [0.29, 0.717) is 6.54 Å². The van der Waals surface area contributed by atoms with Gasteiger partial charge in [0.25, 0.3) is 5.91 Å². The van der Waals surface area contributed by atoms with E-state index in [1.807, 2.05) is 26.8 Å². The molecule has 0 radical (unpaired) electrons. The molecule has 1 atom stereocenters. The number of nitrogens with one attached hydrogen (secondary N) is 2. The highest BCUT2D eigenvalue weighted by Gasteiger charge is 2.07. The molecule has 1 unspecified atom stereocenters. The molecule has 0 aromatic carbocycles. The van der Waals surface area contributed by atoms with E-state index in [0.717, 1.165) is 12.8 Å². The van der Waals surface area contributed by atoms with E-state index in [2.05, 4.69) is 10.6 Å². The second-order valence-corrected chi connectivity index (χ2v) is 3.40. The van der Waals surface area contributed by atoms with Crippen LogP contribution in [0.2, 0.25) is 0 Å². The van der Waals surface area contributed by atoms with Gasteiger partial charge in [-0.05, 0) is 19.8 Å². The fourth-order valence-electron chi connectivity index (χ4n) is 0.826. The molecule has 0 aliphatic carbocycles. The first kappa shape index (κ1) is 13.5. The van der Waals surface area contributed by atoms with Gasteiger partial charge < -0.3 is 10.6 Å². The molecule has 15 heavy (non-hydrogen) atoms. The molecule has 0 spiro atoms. The van der Waals surface area contributed by atoms with Crippen LogP contribution in [-0.4, -0.2) is 18.5 Å². The van der Waals surface area contributed by atoms with Gasteiger partial charge in [-0.25, -0.2) is 0 Å². The first-order valence-electron chi connectivity index (χ1n) is 5.30. The van der Waals surface area contributed by atoms with Gasteiger partial charge in [-0.15, -0.1) is 0 Å². The fraction of sp³-hybridized carbons (Fsp3) is 0.636. The molecule has 4 heteroatoms. The van der Waals surface area contributed by atoms with E-state index in [1.165, 1.54) is 6.20 Å². The van der Waals surface area contributed by atoms with Crippen molar-refractivity contribution < 1.29 is 4.79 Å². The van der Waals surface area contributed by atoms with Crippen molar-refractivity contribution in [3.05, 3.63) is 11.8 Å². The summed E-state index contributed by atoms with van der Waals surface area (Å²) in [5.41, 5.74) is 0.128. The third-order valence-corrected chi connectivity index (χ3v) is 2.03. The predicted molar refractivity (Wildman–Crippen MR) is 59.9 cm³/mol. The zero-order valence-electron chi connectivity index (χ0n) is 9.63. The summed E-state index contributed by atoms with van der Waals surface area (Å²) >= 11 is 0. The number of carbonyl (C=O) groups is 1. The molecule has 4 nitrogen and oxygen atoms in total. The molecule has 0 aliphatic rings. The summed E-state index contributed by atoms with van der Waals surface area (Å²) < 4.78 is 0. The molecule has 0 fully saturated rings. The van der Waals surface area contributed by atoms with Crippen LogP contribution in [0.25, 0.3) is 0 Å². The van der Waals surface area contributed by atoms with Gasteiger partial charge in [0.15, 0.2) is 0 Å². The van der Waals surface area contributed by atoms with E-state index >= 15 is 0 Å². The van der Waals surface area contributed by atoms with Crippen LogP contribution < -0.4 is 10.6 Å². The average Bonchev–Trinajstić information content (AvgIpc) is 2.26. The number of carbonyl (C=O) groups excluding carboxylic acids is 1.